The average Bonchev–Trinajstić information content (AvgIpc) is 2.85. The summed E-state index contributed by atoms with van der Waals surface area (Å²) in [7, 11) is 0. The highest BCUT2D eigenvalue weighted by Gasteiger charge is 2.01. The van der Waals surface area contributed by atoms with Crippen LogP contribution in [0.25, 0.3) is 6.20 Å². The molecule has 2 rings (SSSR count). The fourth-order valence-corrected chi connectivity index (χ4v) is 1.62. The quantitative estimate of drug-likeness (QED) is 0.876. The molecule has 4 heteroatoms. The van der Waals surface area contributed by atoms with Crippen molar-refractivity contribution in [1.82, 2.24) is 14.8 Å². The van der Waals surface area contributed by atoms with E-state index in [1.807, 2.05) is 18.6 Å². The minimum atomic E-state index is 0.463. The molecule has 0 atom stereocenters. The monoisotopic (exact) mass is 242 g/mol. The fourth-order valence-electron chi connectivity index (χ4n) is 1.62. The number of anilines is 1. The molecule has 0 aliphatic carbocycles. The number of rotatable bonds is 5. The number of pyridine rings is 1. The average molecular weight is 242 g/mol. The Kier molecular flexibility index (Phi) is 3.77. The Bertz CT molecular complexity index is 511. The zero-order chi connectivity index (χ0) is 13.0. The summed E-state index contributed by atoms with van der Waals surface area (Å²) in [5.41, 5.74) is 3.24. The fraction of sp³-hybridized carbons (Fsp3) is 0.286. The molecule has 0 aromatic carbocycles. The molecular formula is C14H18N4. The molecule has 4 nitrogen and oxygen atoms in total. The third kappa shape index (κ3) is 2.97. The number of aromatic nitrogens is 3. The smallest absolute Gasteiger partial charge is 0.0543 e. The van der Waals surface area contributed by atoms with Gasteiger partial charge in [-0.2, -0.15) is 5.10 Å². The molecule has 2 heterocycles. The van der Waals surface area contributed by atoms with E-state index in [0.717, 1.165) is 23.5 Å². The van der Waals surface area contributed by atoms with Crippen molar-refractivity contribution in [3.63, 3.8) is 0 Å². The molecule has 0 aliphatic rings. The summed E-state index contributed by atoms with van der Waals surface area (Å²) in [5.74, 6) is 0.463. The van der Waals surface area contributed by atoms with Crippen molar-refractivity contribution in [3.8, 4) is 0 Å². The third-order valence-electron chi connectivity index (χ3n) is 2.72. The van der Waals surface area contributed by atoms with Gasteiger partial charge in [0.1, 0.15) is 0 Å². The number of hydrogen-bond acceptors (Lipinski definition) is 3. The van der Waals surface area contributed by atoms with Crippen LogP contribution in [0.5, 0.6) is 0 Å². The summed E-state index contributed by atoms with van der Waals surface area (Å²) >= 11 is 0. The maximum absolute atomic E-state index is 4.41. The Morgan fingerprint density at radius 3 is 2.78 bits per heavy atom. The summed E-state index contributed by atoms with van der Waals surface area (Å²) < 4.78 is 1.69. The second-order valence-corrected chi connectivity index (χ2v) is 4.49. The molecule has 0 radical (unpaired) electrons. The Balaban J connectivity index is 1.95. The van der Waals surface area contributed by atoms with Gasteiger partial charge in [-0.15, -0.1) is 0 Å². The lowest BCUT2D eigenvalue weighted by molar-refractivity contribution is 0.823. The van der Waals surface area contributed by atoms with Crippen LogP contribution in [0.2, 0.25) is 0 Å². The lowest BCUT2D eigenvalue weighted by atomic mass is 10.1. The van der Waals surface area contributed by atoms with Crippen molar-refractivity contribution in [2.45, 2.75) is 26.3 Å². The zero-order valence-electron chi connectivity index (χ0n) is 10.8. The predicted octanol–water partition coefficient (Wildman–Crippen LogP) is 3.11. The van der Waals surface area contributed by atoms with Crippen LogP contribution in [0.4, 0.5) is 5.69 Å². The van der Waals surface area contributed by atoms with E-state index in [9.17, 15) is 0 Å². The van der Waals surface area contributed by atoms with Crippen molar-refractivity contribution in [2.75, 3.05) is 5.32 Å². The van der Waals surface area contributed by atoms with E-state index < -0.39 is 0 Å². The van der Waals surface area contributed by atoms with Crippen molar-refractivity contribution < 1.29 is 0 Å². The lowest BCUT2D eigenvalue weighted by Gasteiger charge is -2.07. The second kappa shape index (κ2) is 5.49. The molecule has 0 saturated carbocycles. The van der Waals surface area contributed by atoms with Gasteiger partial charge in [-0.1, -0.05) is 20.4 Å². The van der Waals surface area contributed by atoms with E-state index in [-0.39, 0.29) is 0 Å². The van der Waals surface area contributed by atoms with Gasteiger partial charge in [-0.25, -0.2) is 4.68 Å². The molecule has 0 bridgehead atoms. The van der Waals surface area contributed by atoms with Crippen LogP contribution in [0.1, 0.15) is 31.0 Å². The van der Waals surface area contributed by atoms with Gasteiger partial charge in [0.25, 0.3) is 0 Å². The minimum absolute atomic E-state index is 0.463. The van der Waals surface area contributed by atoms with Gasteiger partial charge in [0.05, 0.1) is 18.1 Å². The van der Waals surface area contributed by atoms with E-state index in [1.165, 1.54) is 0 Å². The topological polar surface area (TPSA) is 42.7 Å². The van der Waals surface area contributed by atoms with E-state index in [4.69, 9.17) is 0 Å². The highest BCUT2D eigenvalue weighted by atomic mass is 15.2. The predicted molar refractivity (Wildman–Crippen MR) is 74.3 cm³/mol. The standard InChI is InChI=1S/C14H18N4/c1-4-18-10-12(8-17-18)7-15-13-5-6-14(11(2)3)16-9-13/h4-6,8-11,15H,1,7H2,2-3H3. The normalized spacial score (nSPS) is 10.6. The summed E-state index contributed by atoms with van der Waals surface area (Å²) in [6.07, 6.45) is 7.30. The number of nitrogens with zero attached hydrogens (tertiary/aromatic N) is 3. The molecule has 0 saturated heterocycles. The van der Waals surface area contributed by atoms with Crippen LogP contribution in [0, 0.1) is 0 Å². The highest BCUT2D eigenvalue weighted by Crippen LogP contribution is 2.14. The van der Waals surface area contributed by atoms with Crippen molar-refractivity contribution in [3.05, 3.63) is 48.6 Å². The van der Waals surface area contributed by atoms with Crippen LogP contribution in [-0.4, -0.2) is 14.8 Å². The van der Waals surface area contributed by atoms with Gasteiger partial charge in [0.2, 0.25) is 0 Å². The summed E-state index contributed by atoms with van der Waals surface area (Å²) in [6.45, 7) is 8.67. The minimum Gasteiger partial charge on any atom is -0.380 e. The van der Waals surface area contributed by atoms with Gasteiger partial charge < -0.3 is 5.32 Å². The van der Waals surface area contributed by atoms with Gasteiger partial charge in [0, 0.05) is 30.2 Å². The highest BCUT2D eigenvalue weighted by molar-refractivity contribution is 5.41. The van der Waals surface area contributed by atoms with Gasteiger partial charge in [-0.05, 0) is 18.1 Å². The van der Waals surface area contributed by atoms with Crippen molar-refractivity contribution >= 4 is 11.9 Å². The maximum Gasteiger partial charge on any atom is 0.0543 e. The Morgan fingerprint density at radius 2 is 2.22 bits per heavy atom. The molecule has 0 amide bonds. The first-order valence-electron chi connectivity index (χ1n) is 6.04. The molecule has 18 heavy (non-hydrogen) atoms. The van der Waals surface area contributed by atoms with Crippen molar-refractivity contribution in [1.29, 1.82) is 0 Å². The van der Waals surface area contributed by atoms with E-state index in [1.54, 1.807) is 10.9 Å². The molecule has 1 N–H and O–H groups in total. The Labute approximate surface area is 107 Å². The molecule has 2 aromatic heterocycles. The Morgan fingerprint density at radius 1 is 1.39 bits per heavy atom. The SMILES string of the molecule is C=Cn1cc(CNc2ccc(C(C)C)nc2)cn1. The van der Waals surface area contributed by atoms with E-state index >= 15 is 0 Å². The first kappa shape index (κ1) is 12.4. The Hall–Kier alpha value is -2.10. The van der Waals surface area contributed by atoms with Crippen LogP contribution in [0.3, 0.4) is 0 Å². The molecular weight excluding hydrogens is 224 g/mol. The number of hydrogen-bond donors (Lipinski definition) is 1. The molecule has 0 spiro atoms. The summed E-state index contributed by atoms with van der Waals surface area (Å²) in [6, 6.07) is 4.11. The van der Waals surface area contributed by atoms with Crippen LogP contribution in [-0.2, 0) is 6.54 Å². The molecule has 94 valence electrons. The van der Waals surface area contributed by atoms with Gasteiger partial charge in [-0.3, -0.25) is 4.98 Å². The zero-order valence-corrected chi connectivity index (χ0v) is 10.8. The molecule has 0 fully saturated rings. The van der Waals surface area contributed by atoms with E-state index in [2.05, 4.69) is 48.0 Å². The second-order valence-electron chi connectivity index (χ2n) is 4.49. The molecule has 2 aromatic rings. The third-order valence-corrected chi connectivity index (χ3v) is 2.72. The lowest BCUT2D eigenvalue weighted by Crippen LogP contribution is -2.00. The first-order chi connectivity index (χ1) is 8.69. The largest absolute Gasteiger partial charge is 0.380 e. The maximum atomic E-state index is 4.41. The molecule has 0 unspecified atom stereocenters. The first-order valence-corrected chi connectivity index (χ1v) is 6.04. The van der Waals surface area contributed by atoms with Crippen LogP contribution in [0.15, 0.2) is 37.3 Å². The van der Waals surface area contributed by atoms with Crippen molar-refractivity contribution in [2.24, 2.45) is 0 Å². The summed E-state index contributed by atoms with van der Waals surface area (Å²) in [5, 5.41) is 7.44. The molecule has 0 aliphatic heterocycles. The van der Waals surface area contributed by atoms with Crippen LogP contribution >= 0.6 is 0 Å². The number of nitrogens with one attached hydrogen (secondary N) is 1. The van der Waals surface area contributed by atoms with Gasteiger partial charge >= 0.3 is 0 Å². The van der Waals surface area contributed by atoms with Crippen LogP contribution < -0.4 is 5.32 Å². The van der Waals surface area contributed by atoms with Gasteiger partial charge in [0.15, 0.2) is 0 Å². The summed E-state index contributed by atoms with van der Waals surface area (Å²) in [4.78, 5) is 4.41. The van der Waals surface area contributed by atoms with E-state index in [0.29, 0.717) is 5.92 Å².